The Morgan fingerprint density at radius 1 is 0.960 bits per heavy atom. The van der Waals surface area contributed by atoms with Crippen LogP contribution < -0.4 is 16.0 Å². The number of nitrogens with two attached hydrogens (primary N) is 1. The molecule has 0 saturated heterocycles. The van der Waals surface area contributed by atoms with Crippen LogP contribution in [0.5, 0.6) is 0 Å². The van der Waals surface area contributed by atoms with E-state index in [0.29, 0.717) is 24.9 Å². The molecule has 0 heterocycles. The lowest BCUT2D eigenvalue weighted by Gasteiger charge is -2.20. The van der Waals surface area contributed by atoms with Gasteiger partial charge in [0, 0.05) is 18.0 Å². The second kappa shape index (κ2) is 10.9. The van der Waals surface area contributed by atoms with E-state index in [9.17, 15) is 9.59 Å². The van der Waals surface area contributed by atoms with Crippen LogP contribution >= 0.6 is 0 Å². The molecule has 0 unspecified atom stereocenters. The van der Waals surface area contributed by atoms with Crippen molar-refractivity contribution in [2.75, 3.05) is 19.6 Å². The number of carbonyl (C=O) groups is 2. The van der Waals surface area contributed by atoms with Gasteiger partial charge in [-0.1, -0.05) is 52.0 Å². The number of amides is 2. The van der Waals surface area contributed by atoms with E-state index in [4.69, 9.17) is 0 Å². The highest BCUT2D eigenvalue weighted by Crippen LogP contribution is 2.22. The lowest BCUT2D eigenvalue weighted by Crippen LogP contribution is -2.88. The fourth-order valence-corrected chi connectivity index (χ4v) is 2.82. The van der Waals surface area contributed by atoms with Crippen molar-refractivity contribution < 1.29 is 14.9 Å². The Kier molecular flexibility index (Phi) is 9.21. The van der Waals surface area contributed by atoms with Crippen LogP contribution in [-0.2, 0) is 9.59 Å². The average molecular weight is 349 g/mol. The Labute approximate surface area is 152 Å². The SMILES string of the molecule is CCNC(=O)CNC(=O)C[NH2+][C@@H](c1ccc([C@@H](C)CC)cc1)C(C)C. The molecule has 2 amide bonds. The maximum atomic E-state index is 12.0. The first-order valence-electron chi connectivity index (χ1n) is 9.35. The van der Waals surface area contributed by atoms with Crippen LogP contribution in [-0.4, -0.2) is 31.4 Å². The van der Waals surface area contributed by atoms with Gasteiger partial charge in [-0.2, -0.15) is 0 Å². The summed E-state index contributed by atoms with van der Waals surface area (Å²) in [6, 6.07) is 8.97. The molecular weight excluding hydrogens is 314 g/mol. The van der Waals surface area contributed by atoms with Crippen molar-refractivity contribution in [3.05, 3.63) is 35.4 Å². The first-order valence-corrected chi connectivity index (χ1v) is 9.35. The van der Waals surface area contributed by atoms with Crippen LogP contribution in [0.4, 0.5) is 0 Å². The van der Waals surface area contributed by atoms with Gasteiger partial charge in [0.2, 0.25) is 5.91 Å². The van der Waals surface area contributed by atoms with Crippen molar-refractivity contribution in [3.8, 4) is 0 Å². The van der Waals surface area contributed by atoms with Crippen LogP contribution in [0.2, 0.25) is 0 Å². The molecule has 0 aliphatic rings. The molecule has 0 aliphatic carbocycles. The van der Waals surface area contributed by atoms with Gasteiger partial charge in [-0.05, 0) is 24.8 Å². The van der Waals surface area contributed by atoms with Gasteiger partial charge in [-0.3, -0.25) is 9.59 Å². The molecule has 0 bridgehead atoms. The molecule has 0 radical (unpaired) electrons. The predicted octanol–water partition coefficient (Wildman–Crippen LogP) is 1.71. The lowest BCUT2D eigenvalue weighted by molar-refractivity contribution is -0.692. The van der Waals surface area contributed by atoms with E-state index in [0.717, 1.165) is 6.42 Å². The number of likely N-dealkylation sites (N-methyl/N-ethyl adjacent to an activating group) is 1. The molecule has 0 fully saturated rings. The summed E-state index contributed by atoms with van der Waals surface area (Å²) in [5, 5.41) is 7.38. The predicted molar refractivity (Wildman–Crippen MR) is 101 cm³/mol. The van der Waals surface area contributed by atoms with E-state index in [1.807, 2.05) is 6.92 Å². The Bertz CT molecular complexity index is 540. The summed E-state index contributed by atoms with van der Waals surface area (Å²) in [5.41, 5.74) is 2.59. The van der Waals surface area contributed by atoms with Crippen LogP contribution in [0.1, 0.15) is 64.1 Å². The molecule has 25 heavy (non-hydrogen) atoms. The van der Waals surface area contributed by atoms with Gasteiger partial charge in [0.25, 0.3) is 5.91 Å². The summed E-state index contributed by atoms with van der Waals surface area (Å²) in [6.45, 7) is 11.5. The Morgan fingerprint density at radius 3 is 2.08 bits per heavy atom. The summed E-state index contributed by atoms with van der Waals surface area (Å²) >= 11 is 0. The summed E-state index contributed by atoms with van der Waals surface area (Å²) in [4.78, 5) is 23.4. The number of hydrogen-bond acceptors (Lipinski definition) is 2. The first kappa shape index (κ1) is 21.2. The third kappa shape index (κ3) is 7.26. The highest BCUT2D eigenvalue weighted by molar-refractivity contribution is 5.84. The number of quaternary nitrogens is 1. The summed E-state index contributed by atoms with van der Waals surface area (Å²) in [5.74, 6) is 0.700. The summed E-state index contributed by atoms with van der Waals surface area (Å²) in [7, 11) is 0. The second-order valence-electron chi connectivity index (χ2n) is 6.92. The van der Waals surface area contributed by atoms with E-state index in [1.54, 1.807) is 0 Å². The van der Waals surface area contributed by atoms with Crippen LogP contribution in [0.3, 0.4) is 0 Å². The monoisotopic (exact) mass is 348 g/mol. The van der Waals surface area contributed by atoms with Gasteiger partial charge >= 0.3 is 0 Å². The molecule has 140 valence electrons. The Hall–Kier alpha value is -1.88. The highest BCUT2D eigenvalue weighted by Gasteiger charge is 2.20. The fraction of sp³-hybridized carbons (Fsp3) is 0.600. The zero-order valence-electron chi connectivity index (χ0n) is 16.3. The quantitative estimate of drug-likeness (QED) is 0.602. The average Bonchev–Trinajstić information content (AvgIpc) is 2.60. The van der Waals surface area contributed by atoms with E-state index >= 15 is 0 Å². The molecule has 5 heteroatoms. The number of carbonyl (C=O) groups excluding carboxylic acids is 2. The van der Waals surface area contributed by atoms with Gasteiger partial charge in [0.15, 0.2) is 6.54 Å². The third-order valence-electron chi connectivity index (χ3n) is 4.60. The molecule has 1 aromatic carbocycles. The minimum Gasteiger partial charge on any atom is -0.355 e. The van der Waals surface area contributed by atoms with Crippen molar-refractivity contribution in [2.24, 2.45) is 5.92 Å². The largest absolute Gasteiger partial charge is 0.355 e. The number of hydrogen-bond donors (Lipinski definition) is 3. The van der Waals surface area contributed by atoms with E-state index in [-0.39, 0.29) is 24.4 Å². The molecule has 2 atom stereocenters. The number of nitrogens with one attached hydrogen (secondary N) is 2. The van der Waals surface area contributed by atoms with Gasteiger partial charge in [0.05, 0.1) is 6.54 Å². The molecule has 4 N–H and O–H groups in total. The molecule has 1 aromatic rings. The van der Waals surface area contributed by atoms with Gasteiger partial charge in [-0.15, -0.1) is 0 Å². The van der Waals surface area contributed by atoms with E-state index < -0.39 is 0 Å². The molecule has 0 spiro atoms. The Balaban J connectivity index is 2.59. The molecule has 0 aromatic heterocycles. The highest BCUT2D eigenvalue weighted by atomic mass is 16.2. The summed E-state index contributed by atoms with van der Waals surface area (Å²) in [6.07, 6.45) is 1.13. The first-order chi connectivity index (χ1) is 11.9. The lowest BCUT2D eigenvalue weighted by atomic mass is 9.92. The fourth-order valence-electron chi connectivity index (χ4n) is 2.82. The molecule has 1 rings (SSSR count). The van der Waals surface area contributed by atoms with E-state index in [2.05, 4.69) is 67.9 Å². The minimum absolute atomic E-state index is 0.0382. The van der Waals surface area contributed by atoms with E-state index in [1.165, 1.54) is 11.1 Å². The number of benzene rings is 1. The van der Waals surface area contributed by atoms with Crippen molar-refractivity contribution in [3.63, 3.8) is 0 Å². The maximum Gasteiger partial charge on any atom is 0.275 e. The van der Waals surface area contributed by atoms with Gasteiger partial charge in [-0.25, -0.2) is 0 Å². The molecule has 5 nitrogen and oxygen atoms in total. The van der Waals surface area contributed by atoms with Crippen molar-refractivity contribution in [2.45, 2.75) is 53.0 Å². The van der Waals surface area contributed by atoms with Crippen LogP contribution in [0.25, 0.3) is 0 Å². The van der Waals surface area contributed by atoms with Crippen molar-refractivity contribution in [1.82, 2.24) is 10.6 Å². The molecule has 0 aliphatic heterocycles. The topological polar surface area (TPSA) is 74.8 Å². The van der Waals surface area contributed by atoms with Crippen LogP contribution in [0, 0.1) is 5.92 Å². The zero-order valence-corrected chi connectivity index (χ0v) is 16.3. The molecular formula is C20H34N3O2+. The number of rotatable bonds is 10. The molecule has 0 saturated carbocycles. The van der Waals surface area contributed by atoms with Gasteiger partial charge < -0.3 is 16.0 Å². The van der Waals surface area contributed by atoms with Crippen LogP contribution in [0.15, 0.2) is 24.3 Å². The smallest absolute Gasteiger partial charge is 0.275 e. The maximum absolute atomic E-state index is 12.0. The van der Waals surface area contributed by atoms with Gasteiger partial charge in [0.1, 0.15) is 6.04 Å². The Morgan fingerprint density at radius 2 is 1.56 bits per heavy atom. The normalized spacial score (nSPS) is 13.4. The second-order valence-corrected chi connectivity index (χ2v) is 6.92. The summed E-state index contributed by atoms with van der Waals surface area (Å²) < 4.78 is 0. The van der Waals surface area contributed by atoms with Crippen molar-refractivity contribution in [1.29, 1.82) is 0 Å². The minimum atomic E-state index is -0.156. The standard InChI is InChI=1S/C20H33N3O2/c1-6-15(5)16-8-10-17(11-9-16)20(14(3)4)23-13-19(25)22-12-18(24)21-7-2/h8-11,14-15,20,23H,6-7,12-13H2,1-5H3,(H,21,24)(H,22,25)/p+1/t15-,20+/m0/s1. The van der Waals surface area contributed by atoms with Crippen molar-refractivity contribution >= 4 is 11.8 Å². The third-order valence-corrected chi connectivity index (χ3v) is 4.60. The zero-order chi connectivity index (χ0) is 18.8.